The molecule has 0 fully saturated rings. The topological polar surface area (TPSA) is 286 Å². The van der Waals surface area contributed by atoms with E-state index in [4.69, 9.17) is 50.6 Å². The Balaban J connectivity index is -0.0000000250. The van der Waals surface area contributed by atoms with Crippen LogP contribution in [0.4, 0.5) is 0 Å². The summed E-state index contributed by atoms with van der Waals surface area (Å²) in [7, 11) is 0. The molecule has 0 spiro atoms. The van der Waals surface area contributed by atoms with Crippen molar-refractivity contribution in [3.63, 3.8) is 0 Å². The fraction of sp³-hybridized carbons (Fsp3) is 0. The summed E-state index contributed by atoms with van der Waals surface area (Å²) in [4.78, 5) is 0. The fourth-order valence-electron chi connectivity index (χ4n) is 0. The molecule has 15 nitrogen and oxygen atoms in total. The summed E-state index contributed by atoms with van der Waals surface area (Å²) in [5.74, 6) is 0. The van der Waals surface area contributed by atoms with Gasteiger partial charge in [-0.1, -0.05) is 0 Å². The van der Waals surface area contributed by atoms with Crippen molar-refractivity contribution in [2.45, 2.75) is 0 Å². The van der Waals surface area contributed by atoms with Crippen LogP contribution in [0.25, 0.3) is 0 Å². The van der Waals surface area contributed by atoms with E-state index in [0.717, 1.165) is 0 Å². The van der Waals surface area contributed by atoms with Gasteiger partial charge in [-0.3, -0.25) is 0 Å². The number of hydrogen-bond donors (Lipinski definition) is 0. The van der Waals surface area contributed by atoms with Gasteiger partial charge >= 0.3 is 216 Å². The minimum atomic E-state index is -4.34. The molecule has 0 aromatic heterocycles. The molecule has 0 aromatic carbocycles. The normalized spacial score (nSPS) is 5.68. The van der Waals surface area contributed by atoms with E-state index in [-0.39, 0.29) is 71.7 Å². The fourth-order valence-corrected chi connectivity index (χ4v) is 0. The van der Waals surface area contributed by atoms with E-state index >= 15 is 0 Å². The minimum absolute atomic E-state index is 0. The number of rotatable bonds is 0. The second kappa shape index (κ2) is 39.8. The summed E-state index contributed by atoms with van der Waals surface area (Å²) in [5, 5.41) is 0. The van der Waals surface area contributed by atoms with Crippen LogP contribution in [-0.4, -0.2) is 71.7 Å². The first-order chi connectivity index (χ1) is 8.66. The van der Waals surface area contributed by atoms with Gasteiger partial charge in [0.15, 0.2) is 0 Å². The zero-order valence-electron chi connectivity index (χ0n) is 9.51. The van der Waals surface area contributed by atoms with E-state index in [2.05, 4.69) is 0 Å². The zero-order chi connectivity index (χ0) is 17.9. The van der Waals surface area contributed by atoms with Crippen LogP contribution < -0.4 is 18.1 Å². The molecular formula is BiO15SrTa5. The van der Waals surface area contributed by atoms with Crippen molar-refractivity contribution in [2.24, 2.45) is 0 Å². The zero-order valence-corrected chi connectivity index (χ0v) is 32.5. The molecule has 22 heavy (non-hydrogen) atoms. The first-order valence-corrected chi connectivity index (χ1v) is 22.4. The number of hydrogen-bond acceptors (Lipinski definition) is 15. The predicted octanol–water partition coefficient (Wildman–Crippen LogP) is -7.91. The maximum Gasteiger partial charge on any atom is 2.00 e. The second-order valence-corrected chi connectivity index (χ2v) is 9.15. The van der Waals surface area contributed by atoms with Gasteiger partial charge < -0.3 is 0 Å². The van der Waals surface area contributed by atoms with Gasteiger partial charge in [-0.15, -0.1) is 0 Å². The van der Waals surface area contributed by atoms with Crippen LogP contribution in [0, 0.1) is 0 Å². The second-order valence-electron chi connectivity index (χ2n) is 1.12. The van der Waals surface area contributed by atoms with Crippen molar-refractivity contribution in [1.82, 2.24) is 0 Å². The molecule has 0 aliphatic heterocycles. The summed E-state index contributed by atoms with van der Waals surface area (Å²) in [6.45, 7) is 0. The molecule has 0 atom stereocenters. The van der Waals surface area contributed by atoms with E-state index in [0.29, 0.717) is 0 Å². The first-order valence-electron chi connectivity index (χ1n) is 2.74. The molecule has 0 N–H and O–H groups in total. The van der Waals surface area contributed by atoms with Gasteiger partial charge in [-0.25, -0.2) is 0 Å². The molecule has 0 saturated heterocycles. The van der Waals surface area contributed by atoms with Crippen LogP contribution in [-0.2, 0) is 126 Å². The minimum Gasteiger partial charge on any atom is 2.00 e. The van der Waals surface area contributed by atoms with Gasteiger partial charge in [0.2, 0.25) is 0 Å². The van der Waals surface area contributed by atoms with E-state index in [9.17, 15) is 0 Å². The Bertz CT molecular complexity index is 386. The van der Waals surface area contributed by atoms with E-state index in [1.54, 1.807) is 0 Å². The summed E-state index contributed by atoms with van der Waals surface area (Å²) >= 11 is -21.7. The first kappa shape index (κ1) is 44.9. The van der Waals surface area contributed by atoms with Crippen molar-refractivity contribution in [1.29, 1.82) is 0 Å². The van der Waals surface area contributed by atoms with Crippen LogP contribution in [0.1, 0.15) is 0 Å². The molecule has 0 saturated carbocycles. The van der Waals surface area contributed by atoms with E-state index in [1.807, 2.05) is 0 Å². The van der Waals surface area contributed by atoms with Crippen molar-refractivity contribution < 1.29 is 145 Å². The molecule has 0 amide bonds. The molecule has 0 unspecified atom stereocenters. The SMILES string of the molecule is [Bi+3].[O]=[Ta](=[O])[O-].[O]=[Ta](=[O])[O-].[O]=[Ta](=[O])[O-].[O]=[Ta](=[O])[O-].[O]=[Ta](=[O])[O-].[Sr+2]. The molecule has 0 aliphatic carbocycles. The van der Waals surface area contributed by atoms with Crippen LogP contribution in [0.3, 0.4) is 0 Å². The smallest absolute Gasteiger partial charge is 2.00 e. The third-order valence-corrected chi connectivity index (χ3v) is 0. The van der Waals surface area contributed by atoms with E-state index in [1.165, 1.54) is 0 Å². The average Bonchev–Trinajstić information content (AvgIpc) is 1.94. The van der Waals surface area contributed by atoms with Crippen molar-refractivity contribution in [3.05, 3.63) is 0 Å². The predicted molar refractivity (Wildman–Crippen MR) is 18.4 cm³/mol. The Hall–Kier alpha value is 3.86. The van der Waals surface area contributed by atoms with E-state index < -0.39 is 93.9 Å². The van der Waals surface area contributed by atoms with Crippen LogP contribution in [0.5, 0.6) is 0 Å². The quantitative estimate of drug-likeness (QED) is 0.204. The molecule has 122 valence electrons. The van der Waals surface area contributed by atoms with Gasteiger partial charge in [0.25, 0.3) is 0 Å². The molecule has 0 bridgehead atoms. The van der Waals surface area contributed by atoms with Crippen LogP contribution in [0.15, 0.2) is 0 Å². The maximum atomic E-state index is 8.62. The Labute approximate surface area is 211 Å². The monoisotopic (exact) mass is 1440 g/mol. The largest absolute Gasteiger partial charge is 2.00 e. The molecule has 22 heteroatoms. The molecule has 2 radical (unpaired) electrons. The standard InChI is InChI=1S/Bi.15O.Sr.5Ta/q+3;;;;;;;;;;;5*-1;+2;;;;;. The summed E-state index contributed by atoms with van der Waals surface area (Å²) < 4.78 is 129. The van der Waals surface area contributed by atoms with Gasteiger partial charge in [0.1, 0.15) is 0 Å². The molecule has 0 rings (SSSR count). The summed E-state index contributed by atoms with van der Waals surface area (Å²) in [6, 6.07) is 0. The Morgan fingerprint density at radius 1 is 0.364 bits per heavy atom. The van der Waals surface area contributed by atoms with Crippen molar-refractivity contribution in [3.8, 4) is 0 Å². The third-order valence-electron chi connectivity index (χ3n) is 0. The Morgan fingerprint density at radius 2 is 0.364 bits per heavy atom. The van der Waals surface area contributed by atoms with Crippen molar-refractivity contribution >= 4 is 71.7 Å². The van der Waals surface area contributed by atoms with Gasteiger partial charge in [-0.05, 0) is 0 Å². The molecular weight excluding hydrogens is 1440 g/mol. The molecule has 0 aromatic rings. The van der Waals surface area contributed by atoms with Gasteiger partial charge in [-0.2, -0.15) is 0 Å². The summed E-state index contributed by atoms with van der Waals surface area (Å²) in [5.41, 5.74) is 0. The average molecular weight is 1440 g/mol. The Kier molecular flexibility index (Phi) is 81.3. The maximum absolute atomic E-state index is 8.62. The van der Waals surface area contributed by atoms with Crippen LogP contribution >= 0.6 is 0 Å². The molecule has 0 aliphatic rings. The Morgan fingerprint density at radius 3 is 0.364 bits per heavy atom. The van der Waals surface area contributed by atoms with Crippen LogP contribution in [0.2, 0.25) is 0 Å². The third kappa shape index (κ3) is 835. The molecule has 0 heterocycles. The van der Waals surface area contributed by atoms with Gasteiger partial charge in [0, 0.05) is 0 Å². The van der Waals surface area contributed by atoms with Gasteiger partial charge in [0.05, 0.1) is 0 Å². The van der Waals surface area contributed by atoms with Crippen molar-refractivity contribution in [2.75, 3.05) is 0 Å². The summed E-state index contributed by atoms with van der Waals surface area (Å²) in [6.07, 6.45) is 0.